The monoisotopic (exact) mass is 265 g/mol. The Labute approximate surface area is 115 Å². The Balaban J connectivity index is 2.72. The summed E-state index contributed by atoms with van der Waals surface area (Å²) in [6.07, 6.45) is 0.880. The van der Waals surface area contributed by atoms with Crippen molar-refractivity contribution in [2.24, 2.45) is 0 Å². The minimum Gasteiger partial charge on any atom is -0.465 e. The number of methoxy groups -OCH3 is 2. The molecule has 106 valence electrons. The van der Waals surface area contributed by atoms with Crippen LogP contribution in [0.1, 0.15) is 36.2 Å². The normalized spacial score (nSPS) is 11.2. The minimum atomic E-state index is -0.307. The summed E-state index contributed by atoms with van der Waals surface area (Å²) in [4.78, 5) is 11.6. The van der Waals surface area contributed by atoms with E-state index in [9.17, 15) is 4.79 Å². The van der Waals surface area contributed by atoms with E-state index in [0.29, 0.717) is 5.56 Å². The van der Waals surface area contributed by atoms with E-state index in [1.165, 1.54) is 7.11 Å². The molecule has 0 aliphatic rings. The van der Waals surface area contributed by atoms with Gasteiger partial charge in [-0.15, -0.1) is 0 Å². The zero-order chi connectivity index (χ0) is 14.5. The third kappa shape index (κ3) is 4.24. The standard InChI is InChI=1S/C15H23NO3/c1-11-12(14(17)18-4)7-6-8-13(11)16-10-9-15(2,3)19-5/h6-8,16H,9-10H2,1-5H3. The molecule has 0 aliphatic carbocycles. The van der Waals surface area contributed by atoms with Crippen molar-refractivity contribution in [2.75, 3.05) is 26.1 Å². The first kappa shape index (κ1) is 15.5. The number of hydrogen-bond acceptors (Lipinski definition) is 4. The highest BCUT2D eigenvalue weighted by atomic mass is 16.5. The second kappa shape index (κ2) is 6.57. The van der Waals surface area contributed by atoms with Gasteiger partial charge in [-0.1, -0.05) is 6.07 Å². The van der Waals surface area contributed by atoms with Gasteiger partial charge in [0, 0.05) is 19.3 Å². The molecule has 0 radical (unpaired) electrons. The van der Waals surface area contributed by atoms with Crippen LogP contribution in [0.3, 0.4) is 0 Å². The lowest BCUT2D eigenvalue weighted by Crippen LogP contribution is -2.26. The van der Waals surface area contributed by atoms with Gasteiger partial charge in [-0.25, -0.2) is 4.79 Å². The molecule has 0 bridgehead atoms. The number of rotatable bonds is 6. The van der Waals surface area contributed by atoms with Gasteiger partial charge < -0.3 is 14.8 Å². The van der Waals surface area contributed by atoms with Crippen molar-refractivity contribution in [1.82, 2.24) is 0 Å². The summed E-state index contributed by atoms with van der Waals surface area (Å²) >= 11 is 0. The SMILES string of the molecule is COC(=O)c1cccc(NCCC(C)(C)OC)c1C. The van der Waals surface area contributed by atoms with Crippen LogP contribution in [0, 0.1) is 6.92 Å². The number of anilines is 1. The summed E-state index contributed by atoms with van der Waals surface area (Å²) in [5, 5.41) is 3.33. The summed E-state index contributed by atoms with van der Waals surface area (Å²) < 4.78 is 10.1. The molecule has 19 heavy (non-hydrogen) atoms. The molecule has 0 fully saturated rings. The van der Waals surface area contributed by atoms with Crippen LogP contribution in [0.2, 0.25) is 0 Å². The van der Waals surface area contributed by atoms with Gasteiger partial charge in [0.1, 0.15) is 0 Å². The van der Waals surface area contributed by atoms with Gasteiger partial charge >= 0.3 is 5.97 Å². The van der Waals surface area contributed by atoms with Crippen molar-refractivity contribution >= 4 is 11.7 Å². The van der Waals surface area contributed by atoms with E-state index in [-0.39, 0.29) is 11.6 Å². The molecule has 1 aromatic rings. The van der Waals surface area contributed by atoms with E-state index >= 15 is 0 Å². The predicted octanol–water partition coefficient (Wildman–Crippen LogP) is 3.01. The van der Waals surface area contributed by atoms with Gasteiger partial charge in [-0.3, -0.25) is 0 Å². The third-order valence-corrected chi connectivity index (χ3v) is 3.33. The molecule has 4 heteroatoms. The quantitative estimate of drug-likeness (QED) is 0.803. The fourth-order valence-electron chi connectivity index (χ4n) is 1.76. The van der Waals surface area contributed by atoms with E-state index in [2.05, 4.69) is 5.32 Å². The number of hydrogen-bond donors (Lipinski definition) is 1. The molecular weight excluding hydrogens is 242 g/mol. The maximum atomic E-state index is 11.6. The molecule has 0 atom stereocenters. The van der Waals surface area contributed by atoms with Crippen molar-refractivity contribution < 1.29 is 14.3 Å². The van der Waals surface area contributed by atoms with Gasteiger partial charge in [-0.2, -0.15) is 0 Å². The molecule has 0 unspecified atom stereocenters. The number of carbonyl (C=O) groups excluding carboxylic acids is 1. The highest BCUT2D eigenvalue weighted by Crippen LogP contribution is 2.20. The van der Waals surface area contributed by atoms with Crippen LogP contribution in [0.5, 0.6) is 0 Å². The molecule has 0 spiro atoms. The van der Waals surface area contributed by atoms with E-state index in [4.69, 9.17) is 9.47 Å². The molecule has 1 rings (SSSR count). The third-order valence-electron chi connectivity index (χ3n) is 3.33. The van der Waals surface area contributed by atoms with Crippen LogP contribution >= 0.6 is 0 Å². The van der Waals surface area contributed by atoms with Crippen molar-refractivity contribution in [1.29, 1.82) is 0 Å². The lowest BCUT2D eigenvalue weighted by molar-refractivity contribution is 0.0185. The number of esters is 1. The maximum Gasteiger partial charge on any atom is 0.338 e. The fraction of sp³-hybridized carbons (Fsp3) is 0.533. The second-order valence-corrected chi connectivity index (χ2v) is 5.11. The molecule has 1 aromatic carbocycles. The van der Waals surface area contributed by atoms with Gasteiger partial charge in [-0.05, 0) is 44.9 Å². The van der Waals surface area contributed by atoms with Crippen LogP contribution in [0.25, 0.3) is 0 Å². The summed E-state index contributed by atoms with van der Waals surface area (Å²) in [6.45, 7) is 6.79. The fourth-order valence-corrected chi connectivity index (χ4v) is 1.76. The van der Waals surface area contributed by atoms with Crippen LogP contribution in [0.15, 0.2) is 18.2 Å². The number of benzene rings is 1. The Morgan fingerprint density at radius 1 is 1.32 bits per heavy atom. The van der Waals surface area contributed by atoms with Gasteiger partial charge in [0.2, 0.25) is 0 Å². The molecule has 0 aromatic heterocycles. The summed E-state index contributed by atoms with van der Waals surface area (Å²) in [5.74, 6) is -0.307. The number of carbonyl (C=O) groups is 1. The number of nitrogens with one attached hydrogen (secondary N) is 1. The lowest BCUT2D eigenvalue weighted by Gasteiger charge is -2.23. The lowest BCUT2D eigenvalue weighted by atomic mass is 10.0. The van der Waals surface area contributed by atoms with Crippen LogP contribution in [-0.4, -0.2) is 32.3 Å². The Morgan fingerprint density at radius 3 is 2.58 bits per heavy atom. The van der Waals surface area contributed by atoms with Gasteiger partial charge in [0.05, 0.1) is 18.3 Å². The zero-order valence-corrected chi connectivity index (χ0v) is 12.4. The summed E-state index contributed by atoms with van der Waals surface area (Å²) in [7, 11) is 3.10. The molecular formula is C15H23NO3. The molecule has 0 aliphatic heterocycles. The number of ether oxygens (including phenoxy) is 2. The van der Waals surface area contributed by atoms with E-state index in [0.717, 1.165) is 24.2 Å². The molecule has 0 saturated heterocycles. The summed E-state index contributed by atoms with van der Waals surface area (Å²) in [6, 6.07) is 5.58. The highest BCUT2D eigenvalue weighted by molar-refractivity contribution is 5.92. The summed E-state index contributed by atoms with van der Waals surface area (Å²) in [5.41, 5.74) is 2.30. The molecule has 0 heterocycles. The predicted molar refractivity (Wildman–Crippen MR) is 76.7 cm³/mol. The van der Waals surface area contributed by atoms with Crippen molar-refractivity contribution in [2.45, 2.75) is 32.8 Å². The van der Waals surface area contributed by atoms with E-state index < -0.39 is 0 Å². The van der Waals surface area contributed by atoms with Crippen LogP contribution in [-0.2, 0) is 9.47 Å². The molecule has 1 N–H and O–H groups in total. The van der Waals surface area contributed by atoms with Crippen molar-refractivity contribution in [3.05, 3.63) is 29.3 Å². The Bertz CT molecular complexity index is 441. The topological polar surface area (TPSA) is 47.6 Å². The Hall–Kier alpha value is -1.55. The largest absolute Gasteiger partial charge is 0.465 e. The first-order valence-electron chi connectivity index (χ1n) is 6.38. The highest BCUT2D eigenvalue weighted by Gasteiger charge is 2.16. The van der Waals surface area contributed by atoms with Crippen molar-refractivity contribution in [3.8, 4) is 0 Å². The van der Waals surface area contributed by atoms with Crippen molar-refractivity contribution in [3.63, 3.8) is 0 Å². The second-order valence-electron chi connectivity index (χ2n) is 5.11. The van der Waals surface area contributed by atoms with E-state index in [1.807, 2.05) is 32.9 Å². The molecule has 0 amide bonds. The first-order valence-corrected chi connectivity index (χ1v) is 6.38. The smallest absolute Gasteiger partial charge is 0.338 e. The molecule has 4 nitrogen and oxygen atoms in total. The Morgan fingerprint density at radius 2 is 2.00 bits per heavy atom. The first-order chi connectivity index (χ1) is 8.91. The average molecular weight is 265 g/mol. The van der Waals surface area contributed by atoms with Crippen LogP contribution in [0.4, 0.5) is 5.69 Å². The maximum absolute atomic E-state index is 11.6. The van der Waals surface area contributed by atoms with Gasteiger partial charge in [0.25, 0.3) is 0 Å². The van der Waals surface area contributed by atoms with Crippen LogP contribution < -0.4 is 5.32 Å². The van der Waals surface area contributed by atoms with Gasteiger partial charge in [0.15, 0.2) is 0 Å². The minimum absolute atomic E-state index is 0.152. The molecule has 0 saturated carbocycles. The average Bonchev–Trinajstić information content (AvgIpc) is 2.40. The Kier molecular flexibility index (Phi) is 5.36. The zero-order valence-electron chi connectivity index (χ0n) is 12.4. The van der Waals surface area contributed by atoms with E-state index in [1.54, 1.807) is 13.2 Å².